The maximum absolute atomic E-state index is 2.69. The van der Waals surface area contributed by atoms with E-state index in [0.717, 1.165) is 24.9 Å². The zero-order chi connectivity index (χ0) is 22.5. The summed E-state index contributed by atoms with van der Waals surface area (Å²) in [5.74, 6) is 1.52. The summed E-state index contributed by atoms with van der Waals surface area (Å²) in [6.07, 6.45) is 5.37. The van der Waals surface area contributed by atoms with Crippen molar-refractivity contribution in [3.8, 4) is 0 Å². The molecule has 1 saturated heterocycles. The van der Waals surface area contributed by atoms with Crippen molar-refractivity contribution in [1.29, 1.82) is 0 Å². The minimum atomic E-state index is 0.426. The maximum atomic E-state index is 2.69. The summed E-state index contributed by atoms with van der Waals surface area (Å²) < 4.78 is 0. The Labute approximate surface area is 200 Å². The Hall–Kier alpha value is -2.42. The van der Waals surface area contributed by atoms with Gasteiger partial charge in [0.1, 0.15) is 0 Å². The average Bonchev–Trinajstić information content (AvgIpc) is 3.35. The smallest absolute Gasteiger partial charge is 0.0323 e. The Morgan fingerprint density at radius 2 is 1.42 bits per heavy atom. The molecule has 1 unspecified atom stereocenters. The molecule has 0 spiro atoms. The van der Waals surface area contributed by atoms with Crippen molar-refractivity contribution in [2.45, 2.75) is 57.7 Å². The van der Waals surface area contributed by atoms with Crippen LogP contribution in [0.5, 0.6) is 0 Å². The van der Waals surface area contributed by atoms with E-state index < -0.39 is 0 Å². The molecule has 5 rings (SSSR count). The van der Waals surface area contributed by atoms with Crippen LogP contribution >= 0.6 is 0 Å². The fourth-order valence-corrected chi connectivity index (χ4v) is 5.70. The summed E-state index contributed by atoms with van der Waals surface area (Å²) in [6, 6.07) is 31.9. The molecule has 2 aliphatic rings. The third-order valence-electron chi connectivity index (χ3n) is 7.84. The van der Waals surface area contributed by atoms with Crippen LogP contribution in [0.15, 0.2) is 84.9 Å². The molecular formula is C31H38N2. The molecule has 2 fully saturated rings. The van der Waals surface area contributed by atoms with Crippen molar-refractivity contribution in [3.05, 3.63) is 107 Å². The SMILES string of the molecule is CC(c1ccccc1)N(Cc1ccccc1)CC1CC(c2ccc(CN3CCCC3)cc2)C1. The average molecular weight is 439 g/mol. The first-order chi connectivity index (χ1) is 16.2. The first-order valence-corrected chi connectivity index (χ1v) is 12.9. The Morgan fingerprint density at radius 3 is 2.09 bits per heavy atom. The minimum absolute atomic E-state index is 0.426. The highest BCUT2D eigenvalue weighted by Gasteiger charge is 2.32. The lowest BCUT2D eigenvalue weighted by Gasteiger charge is -2.41. The summed E-state index contributed by atoms with van der Waals surface area (Å²) >= 11 is 0. The summed E-state index contributed by atoms with van der Waals surface area (Å²) in [6.45, 7) is 8.23. The highest BCUT2D eigenvalue weighted by Crippen LogP contribution is 2.43. The van der Waals surface area contributed by atoms with Crippen LogP contribution in [0.3, 0.4) is 0 Å². The second-order valence-corrected chi connectivity index (χ2v) is 10.3. The molecule has 0 N–H and O–H groups in total. The van der Waals surface area contributed by atoms with Crippen LogP contribution in [0.25, 0.3) is 0 Å². The van der Waals surface area contributed by atoms with Gasteiger partial charge in [-0.15, -0.1) is 0 Å². The molecule has 3 aromatic rings. The number of benzene rings is 3. The largest absolute Gasteiger partial charge is 0.299 e. The van der Waals surface area contributed by atoms with E-state index in [1.54, 1.807) is 5.56 Å². The monoisotopic (exact) mass is 438 g/mol. The summed E-state index contributed by atoms with van der Waals surface area (Å²) in [4.78, 5) is 5.27. The quantitative estimate of drug-likeness (QED) is 0.353. The van der Waals surface area contributed by atoms with E-state index in [1.165, 1.54) is 62.0 Å². The fourth-order valence-electron chi connectivity index (χ4n) is 5.70. The molecule has 2 heteroatoms. The number of hydrogen-bond acceptors (Lipinski definition) is 2. The zero-order valence-electron chi connectivity index (χ0n) is 20.1. The number of rotatable bonds is 9. The van der Waals surface area contributed by atoms with E-state index >= 15 is 0 Å². The van der Waals surface area contributed by atoms with Gasteiger partial charge in [0.2, 0.25) is 0 Å². The van der Waals surface area contributed by atoms with Crippen molar-refractivity contribution in [2.75, 3.05) is 19.6 Å². The minimum Gasteiger partial charge on any atom is -0.299 e. The first kappa shape index (κ1) is 22.4. The molecular weight excluding hydrogens is 400 g/mol. The van der Waals surface area contributed by atoms with Crippen molar-refractivity contribution in [3.63, 3.8) is 0 Å². The predicted molar refractivity (Wildman–Crippen MR) is 138 cm³/mol. The molecule has 0 aromatic heterocycles. The van der Waals surface area contributed by atoms with Crippen LogP contribution in [0.2, 0.25) is 0 Å². The molecule has 1 heterocycles. The van der Waals surface area contributed by atoms with Crippen LogP contribution in [0.4, 0.5) is 0 Å². The molecule has 1 aliphatic heterocycles. The first-order valence-electron chi connectivity index (χ1n) is 12.9. The number of nitrogens with zero attached hydrogens (tertiary/aromatic N) is 2. The van der Waals surface area contributed by atoms with Crippen molar-refractivity contribution in [2.24, 2.45) is 5.92 Å². The molecule has 172 valence electrons. The van der Waals surface area contributed by atoms with Crippen LogP contribution in [-0.2, 0) is 13.1 Å². The Bertz CT molecular complexity index is 970. The summed E-state index contributed by atoms with van der Waals surface area (Å²) in [5, 5.41) is 0. The second-order valence-electron chi connectivity index (χ2n) is 10.3. The van der Waals surface area contributed by atoms with Gasteiger partial charge >= 0.3 is 0 Å². The fraction of sp³-hybridized carbons (Fsp3) is 0.419. The van der Waals surface area contributed by atoms with E-state index in [4.69, 9.17) is 0 Å². The lowest BCUT2D eigenvalue weighted by atomic mass is 9.71. The topological polar surface area (TPSA) is 6.48 Å². The van der Waals surface area contributed by atoms with Gasteiger partial charge in [-0.3, -0.25) is 9.80 Å². The Balaban J connectivity index is 1.19. The van der Waals surface area contributed by atoms with Gasteiger partial charge in [0.15, 0.2) is 0 Å². The molecule has 33 heavy (non-hydrogen) atoms. The molecule has 0 bridgehead atoms. The molecule has 0 radical (unpaired) electrons. The Morgan fingerprint density at radius 1 is 0.788 bits per heavy atom. The van der Waals surface area contributed by atoms with Gasteiger partial charge in [0.25, 0.3) is 0 Å². The van der Waals surface area contributed by atoms with Crippen molar-refractivity contribution in [1.82, 2.24) is 9.80 Å². The van der Waals surface area contributed by atoms with Crippen molar-refractivity contribution >= 4 is 0 Å². The highest BCUT2D eigenvalue weighted by molar-refractivity contribution is 5.27. The molecule has 1 saturated carbocycles. The van der Waals surface area contributed by atoms with Crippen LogP contribution in [0.1, 0.15) is 66.8 Å². The van der Waals surface area contributed by atoms with Gasteiger partial charge in [-0.2, -0.15) is 0 Å². The molecule has 3 aromatic carbocycles. The van der Waals surface area contributed by atoms with Crippen LogP contribution in [0, 0.1) is 5.92 Å². The van der Waals surface area contributed by atoms with Gasteiger partial charge in [-0.1, -0.05) is 84.9 Å². The van der Waals surface area contributed by atoms with Crippen molar-refractivity contribution < 1.29 is 0 Å². The molecule has 2 nitrogen and oxygen atoms in total. The number of hydrogen-bond donors (Lipinski definition) is 0. The third kappa shape index (κ3) is 5.75. The maximum Gasteiger partial charge on any atom is 0.0323 e. The molecule has 0 amide bonds. The standard InChI is InChI=1S/C31H38N2/c1-25(29-12-6-3-7-13-29)33(23-26-10-4-2-5-11-26)24-28-20-31(21-28)30-16-14-27(15-17-30)22-32-18-8-9-19-32/h2-7,10-17,25,28,31H,8-9,18-24H2,1H3. The third-order valence-corrected chi connectivity index (χ3v) is 7.84. The lowest BCUT2D eigenvalue weighted by Crippen LogP contribution is -2.36. The number of likely N-dealkylation sites (tertiary alicyclic amines) is 1. The van der Waals surface area contributed by atoms with Crippen LogP contribution in [-0.4, -0.2) is 29.4 Å². The van der Waals surface area contributed by atoms with Gasteiger partial charge in [0.05, 0.1) is 0 Å². The van der Waals surface area contributed by atoms with Gasteiger partial charge in [-0.25, -0.2) is 0 Å². The van der Waals surface area contributed by atoms with E-state index in [0.29, 0.717) is 6.04 Å². The van der Waals surface area contributed by atoms with Gasteiger partial charge in [0, 0.05) is 25.7 Å². The second kappa shape index (κ2) is 10.7. The molecule has 1 aliphatic carbocycles. The van der Waals surface area contributed by atoms with Crippen LogP contribution < -0.4 is 0 Å². The zero-order valence-corrected chi connectivity index (χ0v) is 20.1. The summed E-state index contributed by atoms with van der Waals surface area (Å²) in [7, 11) is 0. The van der Waals surface area contributed by atoms with Gasteiger partial charge in [-0.05, 0) is 79.8 Å². The lowest BCUT2D eigenvalue weighted by molar-refractivity contribution is 0.119. The van der Waals surface area contributed by atoms with E-state index in [-0.39, 0.29) is 0 Å². The summed E-state index contributed by atoms with van der Waals surface area (Å²) in [5.41, 5.74) is 5.84. The predicted octanol–water partition coefficient (Wildman–Crippen LogP) is 7.04. The van der Waals surface area contributed by atoms with E-state index in [1.807, 2.05) is 0 Å². The highest BCUT2D eigenvalue weighted by atomic mass is 15.2. The van der Waals surface area contributed by atoms with E-state index in [2.05, 4.69) is 102 Å². The molecule has 1 atom stereocenters. The van der Waals surface area contributed by atoms with E-state index in [9.17, 15) is 0 Å². The van der Waals surface area contributed by atoms with Gasteiger partial charge < -0.3 is 0 Å². The normalized spacial score (nSPS) is 21.8. The Kier molecular flexibility index (Phi) is 7.24.